The van der Waals surface area contributed by atoms with Crippen molar-refractivity contribution in [2.45, 2.75) is 176 Å². The Morgan fingerprint density at radius 1 is 0.391 bits per heavy atom. The van der Waals surface area contributed by atoms with Gasteiger partial charge in [0.1, 0.15) is 36.6 Å². The van der Waals surface area contributed by atoms with E-state index in [0.29, 0.717) is 38.5 Å². The fourth-order valence-electron chi connectivity index (χ4n) is 5.48. The molecule has 9 nitrogen and oxygen atoms in total. The molecule has 0 saturated carbocycles. The predicted molar refractivity (Wildman–Crippen MR) is 181 cm³/mol. The van der Waals surface area contributed by atoms with E-state index in [1.807, 2.05) is 41.5 Å². The van der Waals surface area contributed by atoms with Gasteiger partial charge >= 0.3 is 15.1 Å². The third-order valence-corrected chi connectivity index (χ3v) is 9.81. The average molecular weight is 667 g/mol. The van der Waals surface area contributed by atoms with Crippen LogP contribution >= 0.6 is 0 Å². The third-order valence-electron chi connectivity index (χ3n) is 8.44. The van der Waals surface area contributed by atoms with Crippen LogP contribution in [-0.2, 0) is 40.1 Å². The fraction of sp³-hybridized carbons (Fsp3) is 0.833. The molecule has 0 heterocycles. The summed E-state index contributed by atoms with van der Waals surface area (Å²) >= 11 is -3.82. The quantitative estimate of drug-likeness (QED) is 0.0547. The number of carbonyl (C=O) groups excluding carboxylic acids is 6. The maximum absolute atomic E-state index is 13.0. The minimum atomic E-state index is -3.82. The van der Waals surface area contributed by atoms with Crippen LogP contribution < -0.4 is 0 Å². The number of carbonyl (C=O) groups is 6. The molecule has 0 aliphatic heterocycles. The van der Waals surface area contributed by atoms with Crippen molar-refractivity contribution in [3.63, 3.8) is 0 Å². The van der Waals surface area contributed by atoms with Gasteiger partial charge in [-0.05, 0) is 38.5 Å². The predicted octanol–water partition coefficient (Wildman–Crippen LogP) is 8.47. The first-order chi connectivity index (χ1) is 22.1. The molecule has 0 saturated heterocycles. The molecule has 0 bridgehead atoms. The van der Waals surface area contributed by atoms with Gasteiger partial charge in [0.2, 0.25) is 0 Å². The van der Waals surface area contributed by atoms with Crippen molar-refractivity contribution in [2.75, 3.05) is 0 Å². The van der Waals surface area contributed by atoms with Crippen LogP contribution in [0.4, 0.5) is 0 Å². The molecule has 0 aromatic heterocycles. The van der Waals surface area contributed by atoms with Gasteiger partial charge in [-0.2, -0.15) is 0 Å². The summed E-state index contributed by atoms with van der Waals surface area (Å²) in [5.41, 5.74) is 0. The zero-order valence-corrected chi connectivity index (χ0v) is 31.0. The highest BCUT2D eigenvalue weighted by atomic mass is 27.3. The fourth-order valence-corrected chi connectivity index (χ4v) is 6.52. The molecule has 0 fully saturated rings. The molecule has 0 spiro atoms. The molecule has 0 aromatic rings. The Kier molecular flexibility index (Phi) is 26.8. The Hall–Kier alpha value is -2.05. The molecule has 46 heavy (non-hydrogen) atoms. The lowest BCUT2D eigenvalue weighted by molar-refractivity contribution is -0.149. The minimum Gasteiger partial charge on any atom is -0.550 e. The molecule has 0 unspecified atom stereocenters. The molecule has 10 heteroatoms. The van der Waals surface area contributed by atoms with Crippen molar-refractivity contribution in [3.8, 4) is 0 Å². The summed E-state index contributed by atoms with van der Waals surface area (Å²) < 4.78 is 16.0. The second kappa shape index (κ2) is 28.0. The van der Waals surface area contributed by atoms with Crippen LogP contribution in [0.5, 0.6) is 0 Å². The molecule has 0 atom stereocenters. The van der Waals surface area contributed by atoms with Crippen molar-refractivity contribution < 1.29 is 40.1 Å². The van der Waals surface area contributed by atoms with E-state index in [4.69, 9.17) is 11.4 Å². The summed E-state index contributed by atoms with van der Waals surface area (Å²) in [6.45, 7) is 12.2. The van der Waals surface area contributed by atoms with E-state index < -0.39 is 52.3 Å². The first kappa shape index (κ1) is 44.0. The highest BCUT2D eigenvalue weighted by Crippen LogP contribution is 2.22. The van der Waals surface area contributed by atoms with Crippen LogP contribution in [0, 0.1) is 17.8 Å². The van der Waals surface area contributed by atoms with Crippen molar-refractivity contribution in [3.05, 3.63) is 0 Å². The highest BCUT2D eigenvalue weighted by Gasteiger charge is 2.50. The van der Waals surface area contributed by atoms with Crippen LogP contribution in [0.15, 0.2) is 0 Å². The summed E-state index contributed by atoms with van der Waals surface area (Å²) in [7, 11) is 0. The first-order valence-electron chi connectivity index (χ1n) is 18.2. The highest BCUT2D eigenvalue weighted by molar-refractivity contribution is 6.44. The minimum absolute atomic E-state index is 0.257. The summed E-state index contributed by atoms with van der Waals surface area (Å²) in [4.78, 5) is 77.6. The van der Waals surface area contributed by atoms with E-state index in [9.17, 15) is 28.8 Å². The monoisotopic (exact) mass is 666 g/mol. The van der Waals surface area contributed by atoms with E-state index in [1.54, 1.807) is 0 Å². The Labute approximate surface area is 284 Å². The smallest absolute Gasteiger partial charge is 0.550 e. The van der Waals surface area contributed by atoms with Gasteiger partial charge in [0.25, 0.3) is 17.9 Å². The van der Waals surface area contributed by atoms with Crippen LogP contribution in [-0.4, -0.2) is 50.4 Å². The number of Topliss-reactive ketones (excluding diaryl/α,β-unsaturated/α-hetero) is 3. The van der Waals surface area contributed by atoms with Gasteiger partial charge in [-0.1, -0.05) is 119 Å². The Balaban J connectivity index is 5.71. The molecule has 0 aromatic carbocycles. The summed E-state index contributed by atoms with van der Waals surface area (Å²) in [6, 6.07) is 0. The molecule has 0 rings (SSSR count). The van der Waals surface area contributed by atoms with E-state index in [1.165, 1.54) is 0 Å². The van der Waals surface area contributed by atoms with Gasteiger partial charge in [-0.3, -0.25) is 28.8 Å². The van der Waals surface area contributed by atoms with Crippen LogP contribution in [0.2, 0.25) is 0 Å². The van der Waals surface area contributed by atoms with Gasteiger partial charge in [0.15, 0.2) is 0 Å². The number of ketones is 3. The second-order valence-electron chi connectivity index (χ2n) is 12.6. The standard InChI is InChI=1S/3C12H22O3.Al/c3*1-3-5-7-10(8-6-4-2)11(13)9-12(14)15;/h3*10H,3-9H2,1-2H3,(H,14,15);/q;;;+3/p-3. The van der Waals surface area contributed by atoms with E-state index >= 15 is 0 Å². The maximum atomic E-state index is 13.0. The van der Waals surface area contributed by atoms with Crippen LogP contribution in [0.25, 0.3) is 0 Å². The van der Waals surface area contributed by atoms with Crippen molar-refractivity contribution in [1.82, 2.24) is 0 Å². The molecule has 0 aliphatic carbocycles. The van der Waals surface area contributed by atoms with Crippen molar-refractivity contribution >= 4 is 50.4 Å². The van der Waals surface area contributed by atoms with Gasteiger partial charge in [0.05, 0.1) is 0 Å². The number of rotatable bonds is 30. The Bertz CT molecular complexity index is 766. The lowest BCUT2D eigenvalue weighted by Crippen LogP contribution is -2.37. The van der Waals surface area contributed by atoms with Crippen LogP contribution in [0.3, 0.4) is 0 Å². The largest absolute Gasteiger partial charge is 1.20 e. The lowest BCUT2D eigenvalue weighted by atomic mass is 9.90. The Morgan fingerprint density at radius 2 is 0.587 bits per heavy atom. The molecule has 0 radical (unpaired) electrons. The first-order valence-corrected chi connectivity index (χ1v) is 19.6. The van der Waals surface area contributed by atoms with Gasteiger partial charge < -0.3 is 11.4 Å². The van der Waals surface area contributed by atoms with E-state index in [-0.39, 0.29) is 35.1 Å². The molecule has 0 amide bonds. The lowest BCUT2D eigenvalue weighted by Gasteiger charge is -2.18. The van der Waals surface area contributed by atoms with Gasteiger partial charge in [-0.25, -0.2) is 0 Å². The van der Waals surface area contributed by atoms with Gasteiger partial charge in [-0.15, -0.1) is 0 Å². The van der Waals surface area contributed by atoms with Gasteiger partial charge in [0, 0.05) is 17.8 Å². The Morgan fingerprint density at radius 3 is 0.761 bits per heavy atom. The maximum Gasteiger partial charge on any atom is 1.20 e. The van der Waals surface area contributed by atoms with Crippen LogP contribution in [0.1, 0.15) is 176 Å². The SMILES string of the molecule is CCCCC(CCCC)C(=O)CC(=O)[O][Al]([O]C(=O)CC(=O)C(CCCC)CCCC)[O]C(=O)CC(=O)C(CCCC)CCCC. The second-order valence-corrected chi connectivity index (χ2v) is 13.9. The summed E-state index contributed by atoms with van der Waals surface area (Å²) in [5, 5.41) is 0. The normalized spacial score (nSPS) is 11.2. The topological polar surface area (TPSA) is 130 Å². The number of hydrogen-bond acceptors (Lipinski definition) is 9. The molecule has 264 valence electrons. The zero-order chi connectivity index (χ0) is 34.7. The van der Waals surface area contributed by atoms with Crippen molar-refractivity contribution in [2.24, 2.45) is 17.8 Å². The molecule has 0 aliphatic rings. The van der Waals surface area contributed by atoms with E-state index in [2.05, 4.69) is 0 Å². The molecule has 0 N–H and O–H groups in total. The summed E-state index contributed by atoms with van der Waals surface area (Å²) in [6.07, 6.45) is 13.2. The number of hydrogen-bond donors (Lipinski definition) is 0. The third kappa shape index (κ3) is 20.9. The van der Waals surface area contributed by atoms with Crippen molar-refractivity contribution in [1.29, 1.82) is 0 Å². The zero-order valence-electron chi connectivity index (χ0n) is 29.8. The van der Waals surface area contributed by atoms with E-state index in [0.717, 1.165) is 77.0 Å². The number of unbranched alkanes of at least 4 members (excludes halogenated alkanes) is 6. The molecular weight excluding hydrogens is 603 g/mol. The summed E-state index contributed by atoms with van der Waals surface area (Å²) in [5.74, 6) is -4.43. The molecular formula is C36H63AlO9. The average Bonchev–Trinajstić information content (AvgIpc) is 3.00.